The van der Waals surface area contributed by atoms with Crippen LogP contribution in [0.25, 0.3) is 21.3 Å². The molecule has 4 aromatic rings. The molecule has 1 saturated heterocycles. The van der Waals surface area contributed by atoms with Gasteiger partial charge in [0.15, 0.2) is 10.9 Å². The summed E-state index contributed by atoms with van der Waals surface area (Å²) in [5.74, 6) is -1.83. The minimum absolute atomic E-state index is 0. The van der Waals surface area contributed by atoms with E-state index in [4.69, 9.17) is 4.74 Å². The lowest BCUT2D eigenvalue weighted by Crippen LogP contribution is -2.43. The molecule has 0 aliphatic carbocycles. The number of hydrogen-bond acceptors (Lipinski definition) is 7. The Balaban J connectivity index is 0.00000259. The molecular weight excluding hydrogens is 472 g/mol. The van der Waals surface area contributed by atoms with E-state index in [-0.39, 0.29) is 28.7 Å². The molecule has 3 heterocycles. The molecule has 0 unspecified atom stereocenters. The van der Waals surface area contributed by atoms with Gasteiger partial charge in [0.25, 0.3) is 5.91 Å². The van der Waals surface area contributed by atoms with Crippen LogP contribution in [0.15, 0.2) is 42.6 Å². The van der Waals surface area contributed by atoms with Crippen molar-refractivity contribution in [3.05, 3.63) is 59.9 Å². The smallest absolute Gasteiger partial charge is 0.280 e. The average molecular weight is 492 g/mol. The highest BCUT2D eigenvalue weighted by Crippen LogP contribution is 2.32. The van der Waals surface area contributed by atoms with Crippen molar-refractivity contribution in [2.24, 2.45) is 0 Å². The SMILES string of the molecule is Cl.O=C(c1cnc2ccccc2n1)N(CCN1CCOCC1)c1nc2c(F)cc(F)cc2s1. The van der Waals surface area contributed by atoms with Gasteiger partial charge in [0.05, 0.1) is 35.1 Å². The van der Waals surface area contributed by atoms with Gasteiger partial charge in [-0.1, -0.05) is 23.5 Å². The number of aromatic nitrogens is 3. The number of hydrogen-bond donors (Lipinski definition) is 0. The predicted octanol–water partition coefficient (Wildman–Crippen LogP) is 3.92. The molecule has 0 saturated carbocycles. The topological polar surface area (TPSA) is 71.5 Å². The lowest BCUT2D eigenvalue weighted by molar-refractivity contribution is 0.0391. The van der Waals surface area contributed by atoms with E-state index in [2.05, 4.69) is 19.9 Å². The molecule has 0 N–H and O–H groups in total. The Hall–Kier alpha value is -2.79. The molecule has 2 aromatic carbocycles. The van der Waals surface area contributed by atoms with Crippen LogP contribution in [-0.4, -0.2) is 65.2 Å². The number of rotatable bonds is 5. The summed E-state index contributed by atoms with van der Waals surface area (Å²) < 4.78 is 33.7. The second-order valence-electron chi connectivity index (χ2n) is 7.39. The molecule has 172 valence electrons. The molecule has 11 heteroatoms. The van der Waals surface area contributed by atoms with Gasteiger partial charge in [0.2, 0.25) is 0 Å². The van der Waals surface area contributed by atoms with Crippen LogP contribution in [0.2, 0.25) is 0 Å². The largest absolute Gasteiger partial charge is 0.379 e. The van der Waals surface area contributed by atoms with Crippen LogP contribution in [0.4, 0.5) is 13.9 Å². The first-order valence-electron chi connectivity index (χ1n) is 10.2. The number of fused-ring (bicyclic) bond motifs is 2. The van der Waals surface area contributed by atoms with E-state index in [1.54, 1.807) is 6.07 Å². The number of para-hydroxylation sites is 2. The van der Waals surface area contributed by atoms with Gasteiger partial charge in [-0.05, 0) is 18.2 Å². The highest BCUT2D eigenvalue weighted by atomic mass is 35.5. The van der Waals surface area contributed by atoms with Gasteiger partial charge in [-0.25, -0.2) is 18.7 Å². The van der Waals surface area contributed by atoms with E-state index in [1.165, 1.54) is 17.2 Å². The molecular formula is C22H20ClF2N5O2S. The number of ether oxygens (including phenoxy) is 1. The summed E-state index contributed by atoms with van der Waals surface area (Å²) in [5.41, 5.74) is 1.49. The normalized spacial score (nSPS) is 14.4. The third kappa shape index (κ3) is 4.93. The highest BCUT2D eigenvalue weighted by molar-refractivity contribution is 7.22. The molecule has 0 bridgehead atoms. The maximum atomic E-state index is 14.3. The maximum Gasteiger partial charge on any atom is 0.280 e. The number of halogens is 3. The standard InChI is InChI=1S/C22H19F2N5O2S.ClH/c23-14-11-15(24)20-19(12-14)32-22(27-20)29(6-5-28-7-9-31-10-8-28)21(30)18-13-25-16-3-1-2-4-17(16)26-18;/h1-4,11-13H,5-10H2;1H. The van der Waals surface area contributed by atoms with E-state index in [9.17, 15) is 13.6 Å². The number of benzene rings is 2. The van der Waals surface area contributed by atoms with Crippen molar-refractivity contribution < 1.29 is 18.3 Å². The van der Waals surface area contributed by atoms with Gasteiger partial charge in [0.1, 0.15) is 17.0 Å². The van der Waals surface area contributed by atoms with E-state index in [0.29, 0.717) is 42.0 Å². The van der Waals surface area contributed by atoms with Gasteiger partial charge in [-0.2, -0.15) is 0 Å². The van der Waals surface area contributed by atoms with Crippen molar-refractivity contribution in [1.82, 2.24) is 19.9 Å². The van der Waals surface area contributed by atoms with Crippen LogP contribution in [0.5, 0.6) is 0 Å². The van der Waals surface area contributed by atoms with Crippen LogP contribution in [0.1, 0.15) is 10.5 Å². The van der Waals surface area contributed by atoms with Gasteiger partial charge in [-0.15, -0.1) is 12.4 Å². The van der Waals surface area contributed by atoms with Crippen molar-refractivity contribution in [1.29, 1.82) is 0 Å². The Morgan fingerprint density at radius 1 is 1.12 bits per heavy atom. The first kappa shape index (κ1) is 23.4. The van der Waals surface area contributed by atoms with Gasteiger partial charge >= 0.3 is 0 Å². The van der Waals surface area contributed by atoms with E-state index in [1.807, 2.05) is 18.2 Å². The van der Waals surface area contributed by atoms with Crippen molar-refractivity contribution in [3.8, 4) is 0 Å². The molecule has 0 atom stereocenters. The second kappa shape index (κ2) is 10.0. The minimum atomic E-state index is -0.756. The molecule has 5 rings (SSSR count). The average Bonchev–Trinajstić information content (AvgIpc) is 3.23. The zero-order chi connectivity index (χ0) is 22.1. The summed E-state index contributed by atoms with van der Waals surface area (Å²) in [6.07, 6.45) is 1.43. The Morgan fingerprint density at radius 3 is 2.67 bits per heavy atom. The van der Waals surface area contributed by atoms with Crippen LogP contribution in [0, 0.1) is 11.6 Å². The van der Waals surface area contributed by atoms with Crippen molar-refractivity contribution in [3.63, 3.8) is 0 Å². The first-order chi connectivity index (χ1) is 15.6. The molecule has 0 spiro atoms. The summed E-state index contributed by atoms with van der Waals surface area (Å²) in [4.78, 5) is 30.2. The minimum Gasteiger partial charge on any atom is -0.379 e. The number of carbonyl (C=O) groups is 1. The Kier molecular flexibility index (Phi) is 7.08. The van der Waals surface area contributed by atoms with Crippen molar-refractivity contribution in [2.45, 2.75) is 0 Å². The lowest BCUT2D eigenvalue weighted by atomic mass is 10.3. The zero-order valence-electron chi connectivity index (χ0n) is 17.4. The van der Waals surface area contributed by atoms with Crippen LogP contribution in [-0.2, 0) is 4.74 Å². The molecule has 33 heavy (non-hydrogen) atoms. The fourth-order valence-corrected chi connectivity index (χ4v) is 4.64. The van der Waals surface area contributed by atoms with Gasteiger partial charge < -0.3 is 4.74 Å². The van der Waals surface area contributed by atoms with Gasteiger partial charge in [-0.3, -0.25) is 19.6 Å². The lowest BCUT2D eigenvalue weighted by Gasteiger charge is -2.29. The Bertz CT molecular complexity index is 1300. The zero-order valence-corrected chi connectivity index (χ0v) is 19.0. The molecule has 0 radical (unpaired) electrons. The van der Waals surface area contributed by atoms with E-state index >= 15 is 0 Å². The monoisotopic (exact) mass is 491 g/mol. The van der Waals surface area contributed by atoms with Crippen LogP contribution >= 0.6 is 23.7 Å². The summed E-state index contributed by atoms with van der Waals surface area (Å²) in [6, 6.07) is 9.29. The van der Waals surface area contributed by atoms with E-state index < -0.39 is 17.5 Å². The van der Waals surface area contributed by atoms with Gasteiger partial charge in [0, 0.05) is 32.2 Å². The summed E-state index contributed by atoms with van der Waals surface area (Å²) in [5, 5.41) is 0.290. The van der Waals surface area contributed by atoms with Crippen LogP contribution < -0.4 is 4.90 Å². The molecule has 2 aromatic heterocycles. The summed E-state index contributed by atoms with van der Waals surface area (Å²) >= 11 is 1.07. The number of amides is 1. The number of anilines is 1. The fraction of sp³-hybridized carbons (Fsp3) is 0.273. The Labute approximate surface area is 198 Å². The van der Waals surface area contributed by atoms with E-state index in [0.717, 1.165) is 30.5 Å². The predicted molar refractivity (Wildman–Crippen MR) is 125 cm³/mol. The number of thiazole rings is 1. The first-order valence-corrected chi connectivity index (χ1v) is 11.0. The highest BCUT2D eigenvalue weighted by Gasteiger charge is 2.25. The molecule has 1 aliphatic heterocycles. The molecule has 1 fully saturated rings. The van der Waals surface area contributed by atoms with Crippen LogP contribution in [0.3, 0.4) is 0 Å². The third-order valence-electron chi connectivity index (χ3n) is 5.29. The second-order valence-corrected chi connectivity index (χ2v) is 8.39. The molecule has 1 amide bonds. The summed E-state index contributed by atoms with van der Waals surface area (Å²) in [6.45, 7) is 3.70. The molecule has 7 nitrogen and oxygen atoms in total. The quantitative estimate of drug-likeness (QED) is 0.421. The number of carbonyl (C=O) groups excluding carboxylic acids is 1. The third-order valence-corrected chi connectivity index (χ3v) is 6.31. The Morgan fingerprint density at radius 2 is 1.88 bits per heavy atom. The fourth-order valence-electron chi connectivity index (χ4n) is 3.61. The van der Waals surface area contributed by atoms with Crippen molar-refractivity contribution >= 4 is 56.0 Å². The maximum absolute atomic E-state index is 14.3. The number of nitrogens with zero attached hydrogens (tertiary/aromatic N) is 5. The number of morpholine rings is 1. The van der Waals surface area contributed by atoms with Crippen molar-refractivity contribution in [2.75, 3.05) is 44.3 Å². The summed E-state index contributed by atoms with van der Waals surface area (Å²) in [7, 11) is 0. The molecule has 1 aliphatic rings.